The van der Waals surface area contributed by atoms with Crippen LogP contribution in [0.2, 0.25) is 0 Å². The molecule has 0 amide bonds. The van der Waals surface area contributed by atoms with Crippen LogP contribution in [0.1, 0.15) is 98.9 Å². The lowest BCUT2D eigenvalue weighted by Gasteiger charge is -2.11. The number of hydrogen-bond donors (Lipinski definition) is 0. The van der Waals surface area contributed by atoms with Crippen molar-refractivity contribution in [1.29, 1.82) is 0 Å². The van der Waals surface area contributed by atoms with E-state index >= 15 is 0 Å². The Kier molecular flexibility index (Phi) is 12.8. The van der Waals surface area contributed by atoms with Gasteiger partial charge in [0.1, 0.15) is 0 Å². The van der Waals surface area contributed by atoms with E-state index in [9.17, 15) is 0 Å². The molecule has 6 rings (SSSR count). The molecule has 0 spiro atoms. The zero-order valence-electron chi connectivity index (χ0n) is 32.0. The second-order valence-electron chi connectivity index (χ2n) is 14.7. The highest BCUT2D eigenvalue weighted by Crippen LogP contribution is 2.30. The van der Waals surface area contributed by atoms with Crippen molar-refractivity contribution in [3.8, 4) is 56.4 Å². The van der Waals surface area contributed by atoms with Crippen LogP contribution in [-0.2, 0) is 6.42 Å². The molecule has 0 saturated carbocycles. The van der Waals surface area contributed by atoms with Crippen molar-refractivity contribution in [3.63, 3.8) is 0 Å². The van der Waals surface area contributed by atoms with Crippen LogP contribution < -0.4 is 0 Å². The standard InChI is InChI=1S/C49H55N3/c1-6-7-8-9-10-11-12-13-14-15-16-39-19-23-42(24-20-39)47-50-48(43-29-25-40(26-30-43)45-21-17-35(2)37(4)33-45)52-49(51-47)44-31-27-41(28-32-44)46-22-18-36(3)38(5)34-46/h17-34H,6-16H2,1-5H3. The number of aryl methyl sites for hydroxylation is 5. The molecule has 0 unspecified atom stereocenters. The minimum atomic E-state index is 0.680. The zero-order chi connectivity index (χ0) is 36.3. The molecule has 52 heavy (non-hydrogen) atoms. The molecule has 0 saturated heterocycles. The molecule has 0 bridgehead atoms. The van der Waals surface area contributed by atoms with E-state index in [0.29, 0.717) is 17.5 Å². The van der Waals surface area contributed by atoms with Gasteiger partial charge in [-0.3, -0.25) is 0 Å². The maximum Gasteiger partial charge on any atom is 0.164 e. The van der Waals surface area contributed by atoms with E-state index < -0.39 is 0 Å². The van der Waals surface area contributed by atoms with Gasteiger partial charge in [0.15, 0.2) is 17.5 Å². The lowest BCUT2D eigenvalue weighted by atomic mass is 9.99. The van der Waals surface area contributed by atoms with Crippen LogP contribution in [0.3, 0.4) is 0 Å². The van der Waals surface area contributed by atoms with Crippen molar-refractivity contribution in [2.45, 2.75) is 105 Å². The number of nitrogens with zero attached hydrogens (tertiary/aromatic N) is 3. The Bertz CT molecular complexity index is 1930. The first kappa shape index (κ1) is 36.9. The summed E-state index contributed by atoms with van der Waals surface area (Å²) in [7, 11) is 0. The van der Waals surface area contributed by atoms with E-state index in [-0.39, 0.29) is 0 Å². The van der Waals surface area contributed by atoms with Gasteiger partial charge in [-0.25, -0.2) is 15.0 Å². The highest BCUT2D eigenvalue weighted by atomic mass is 15.0. The zero-order valence-corrected chi connectivity index (χ0v) is 32.0. The van der Waals surface area contributed by atoms with Crippen molar-refractivity contribution in [2.24, 2.45) is 0 Å². The lowest BCUT2D eigenvalue weighted by Crippen LogP contribution is -2.00. The summed E-state index contributed by atoms with van der Waals surface area (Å²) in [6, 6.07) is 39.3. The summed E-state index contributed by atoms with van der Waals surface area (Å²) in [5.41, 5.74) is 14.3. The predicted octanol–water partition coefficient (Wildman–Crippen LogP) is 13.9. The quantitative estimate of drug-likeness (QED) is 0.0952. The van der Waals surface area contributed by atoms with Gasteiger partial charge in [-0.15, -0.1) is 0 Å². The van der Waals surface area contributed by atoms with E-state index in [1.165, 1.54) is 114 Å². The van der Waals surface area contributed by atoms with Crippen LogP contribution in [-0.4, -0.2) is 15.0 Å². The van der Waals surface area contributed by atoms with Crippen LogP contribution in [0.15, 0.2) is 109 Å². The molecule has 6 aromatic rings. The van der Waals surface area contributed by atoms with Crippen LogP contribution in [0.5, 0.6) is 0 Å². The Labute approximate surface area is 312 Å². The van der Waals surface area contributed by atoms with Gasteiger partial charge in [-0.2, -0.15) is 0 Å². The Morgan fingerprint density at radius 3 is 1.04 bits per heavy atom. The topological polar surface area (TPSA) is 38.7 Å². The molecule has 3 heteroatoms. The maximum absolute atomic E-state index is 5.05. The molecule has 1 heterocycles. The number of rotatable bonds is 16. The highest BCUT2D eigenvalue weighted by molar-refractivity contribution is 5.73. The van der Waals surface area contributed by atoms with E-state index in [0.717, 1.165) is 23.1 Å². The first-order chi connectivity index (χ1) is 25.4. The highest BCUT2D eigenvalue weighted by Gasteiger charge is 2.14. The Hall–Kier alpha value is -4.89. The third-order valence-electron chi connectivity index (χ3n) is 10.6. The van der Waals surface area contributed by atoms with Crippen LogP contribution in [0.4, 0.5) is 0 Å². The molecule has 0 aliphatic rings. The largest absolute Gasteiger partial charge is 0.208 e. The Morgan fingerprint density at radius 2 is 0.654 bits per heavy atom. The van der Waals surface area contributed by atoms with Crippen molar-refractivity contribution < 1.29 is 0 Å². The SMILES string of the molecule is CCCCCCCCCCCCc1ccc(-c2nc(-c3ccc(-c4ccc(C)c(C)c4)cc3)nc(-c3ccc(-c4ccc(C)c(C)c4)cc3)n2)cc1. The Balaban J connectivity index is 1.21. The molecular formula is C49H55N3. The summed E-state index contributed by atoms with van der Waals surface area (Å²) in [4.78, 5) is 15.1. The second-order valence-corrected chi connectivity index (χ2v) is 14.7. The average molecular weight is 686 g/mol. The van der Waals surface area contributed by atoms with Crippen LogP contribution >= 0.6 is 0 Å². The molecule has 0 atom stereocenters. The van der Waals surface area contributed by atoms with Crippen molar-refractivity contribution >= 4 is 0 Å². The van der Waals surface area contributed by atoms with Gasteiger partial charge in [-0.05, 0) is 90.6 Å². The number of hydrogen-bond acceptors (Lipinski definition) is 3. The number of benzene rings is 5. The predicted molar refractivity (Wildman–Crippen MR) is 222 cm³/mol. The van der Waals surface area contributed by atoms with Crippen molar-refractivity contribution in [2.75, 3.05) is 0 Å². The molecule has 1 aromatic heterocycles. The summed E-state index contributed by atoms with van der Waals surface area (Å²) < 4.78 is 0. The molecule has 3 nitrogen and oxygen atoms in total. The third kappa shape index (κ3) is 9.70. The summed E-state index contributed by atoms with van der Waals surface area (Å²) in [5.74, 6) is 2.06. The molecular weight excluding hydrogens is 631 g/mol. The van der Waals surface area contributed by atoms with Crippen LogP contribution in [0.25, 0.3) is 56.4 Å². The molecule has 0 fully saturated rings. The summed E-state index contributed by atoms with van der Waals surface area (Å²) in [5, 5.41) is 0. The first-order valence-electron chi connectivity index (χ1n) is 19.6. The smallest absolute Gasteiger partial charge is 0.164 e. The molecule has 0 aliphatic heterocycles. The van der Waals surface area contributed by atoms with Gasteiger partial charge >= 0.3 is 0 Å². The molecule has 0 radical (unpaired) electrons. The van der Waals surface area contributed by atoms with Crippen molar-refractivity contribution in [1.82, 2.24) is 15.0 Å². The maximum atomic E-state index is 5.05. The van der Waals surface area contributed by atoms with Gasteiger partial charge < -0.3 is 0 Å². The average Bonchev–Trinajstić information content (AvgIpc) is 3.18. The number of unbranched alkanes of at least 4 members (excludes halogenated alkanes) is 9. The van der Waals surface area contributed by atoms with Gasteiger partial charge in [0.05, 0.1) is 0 Å². The van der Waals surface area contributed by atoms with Gasteiger partial charge in [0.2, 0.25) is 0 Å². The first-order valence-corrected chi connectivity index (χ1v) is 19.6. The normalized spacial score (nSPS) is 11.2. The van der Waals surface area contributed by atoms with E-state index in [4.69, 9.17) is 15.0 Å². The van der Waals surface area contributed by atoms with E-state index in [2.05, 4.69) is 144 Å². The van der Waals surface area contributed by atoms with E-state index in [1.807, 2.05) is 0 Å². The fraction of sp³-hybridized carbons (Fsp3) is 0.327. The summed E-state index contributed by atoms with van der Waals surface area (Å²) in [6.07, 6.45) is 14.7. The number of aromatic nitrogens is 3. The molecule has 5 aromatic carbocycles. The van der Waals surface area contributed by atoms with Gasteiger partial charge in [-0.1, -0.05) is 174 Å². The molecule has 0 aliphatic carbocycles. The van der Waals surface area contributed by atoms with Gasteiger partial charge in [0, 0.05) is 16.7 Å². The second kappa shape index (κ2) is 18.0. The van der Waals surface area contributed by atoms with E-state index in [1.54, 1.807) is 0 Å². The minimum Gasteiger partial charge on any atom is -0.208 e. The summed E-state index contributed by atoms with van der Waals surface area (Å²) >= 11 is 0. The third-order valence-corrected chi connectivity index (χ3v) is 10.6. The Morgan fingerprint density at radius 1 is 0.327 bits per heavy atom. The lowest BCUT2D eigenvalue weighted by molar-refractivity contribution is 0.556. The minimum absolute atomic E-state index is 0.680. The van der Waals surface area contributed by atoms with Gasteiger partial charge in [0.25, 0.3) is 0 Å². The molecule has 266 valence electrons. The summed E-state index contributed by atoms with van der Waals surface area (Å²) in [6.45, 7) is 10.9. The fourth-order valence-corrected chi connectivity index (χ4v) is 6.87. The molecule has 0 N–H and O–H groups in total. The van der Waals surface area contributed by atoms with Crippen LogP contribution in [0, 0.1) is 27.7 Å². The van der Waals surface area contributed by atoms with Crippen molar-refractivity contribution in [3.05, 3.63) is 137 Å². The monoisotopic (exact) mass is 685 g/mol. The fourth-order valence-electron chi connectivity index (χ4n) is 6.87.